The molecule has 2 aromatic rings. The second-order valence-electron chi connectivity index (χ2n) is 6.35. The summed E-state index contributed by atoms with van der Waals surface area (Å²) in [6, 6.07) is 14.5. The summed E-state index contributed by atoms with van der Waals surface area (Å²) in [5, 5.41) is 2.94. The number of carbonyl (C=O) groups is 1. The van der Waals surface area contributed by atoms with E-state index in [1.807, 2.05) is 43.3 Å². The van der Waals surface area contributed by atoms with E-state index in [2.05, 4.69) is 5.32 Å². The Bertz CT molecular complexity index is 911. The smallest absolute Gasteiger partial charge is 0.241 e. The van der Waals surface area contributed by atoms with Gasteiger partial charge in [-0.15, -0.1) is 0 Å². The van der Waals surface area contributed by atoms with Gasteiger partial charge in [-0.05, 0) is 24.6 Å². The highest BCUT2D eigenvalue weighted by molar-refractivity contribution is 7.92. The third-order valence-electron chi connectivity index (χ3n) is 4.37. The predicted octanol–water partition coefficient (Wildman–Crippen LogP) is 2.40. The molecule has 1 aliphatic heterocycles. The summed E-state index contributed by atoms with van der Waals surface area (Å²) in [5.41, 5.74) is 2.22. The van der Waals surface area contributed by atoms with Gasteiger partial charge >= 0.3 is 0 Å². The number of nitrogens with one attached hydrogen (secondary N) is 1. The van der Waals surface area contributed by atoms with Crippen LogP contribution < -0.4 is 14.4 Å². The lowest BCUT2D eigenvalue weighted by molar-refractivity contribution is -0.120. The largest absolute Gasteiger partial charge is 0.493 e. The molecule has 1 heterocycles. The second kappa shape index (κ2) is 7.37. The number of para-hydroxylation sites is 2. The Morgan fingerprint density at radius 3 is 2.62 bits per heavy atom. The number of nitrogens with zero attached hydrogens (tertiary/aromatic N) is 1. The molecular weight excluding hydrogens is 352 g/mol. The molecule has 138 valence electrons. The number of carbonyl (C=O) groups excluding carboxylic acids is 1. The Morgan fingerprint density at radius 1 is 1.19 bits per heavy atom. The number of sulfonamides is 1. The highest BCUT2D eigenvalue weighted by Crippen LogP contribution is 2.31. The monoisotopic (exact) mass is 374 g/mol. The Morgan fingerprint density at radius 2 is 1.88 bits per heavy atom. The van der Waals surface area contributed by atoms with Crippen LogP contribution in [0.4, 0.5) is 5.69 Å². The summed E-state index contributed by atoms with van der Waals surface area (Å²) < 4.78 is 31.2. The number of anilines is 1. The molecular formula is C19H22N2O4S. The number of ether oxygens (including phenoxy) is 1. The molecule has 2 aromatic carbocycles. The van der Waals surface area contributed by atoms with Gasteiger partial charge in [0.2, 0.25) is 15.9 Å². The van der Waals surface area contributed by atoms with Crippen LogP contribution in [0.15, 0.2) is 48.5 Å². The van der Waals surface area contributed by atoms with Crippen LogP contribution in [0.25, 0.3) is 0 Å². The van der Waals surface area contributed by atoms with E-state index in [9.17, 15) is 13.2 Å². The fourth-order valence-electron chi connectivity index (χ4n) is 3.09. The molecule has 0 saturated heterocycles. The van der Waals surface area contributed by atoms with Crippen molar-refractivity contribution in [2.24, 2.45) is 0 Å². The van der Waals surface area contributed by atoms with Gasteiger partial charge in [0.25, 0.3) is 0 Å². The average molecular weight is 374 g/mol. The molecule has 0 spiro atoms. The van der Waals surface area contributed by atoms with Gasteiger partial charge in [-0.2, -0.15) is 0 Å². The van der Waals surface area contributed by atoms with E-state index in [1.54, 1.807) is 12.1 Å². The molecule has 0 radical (unpaired) electrons. The lowest BCUT2D eigenvalue weighted by atomic mass is 10.0. The van der Waals surface area contributed by atoms with Gasteiger partial charge in [-0.25, -0.2) is 8.42 Å². The first-order chi connectivity index (χ1) is 12.4. The molecule has 3 rings (SSSR count). The van der Waals surface area contributed by atoms with Gasteiger partial charge < -0.3 is 10.1 Å². The number of fused-ring (bicyclic) bond motifs is 1. The Kier molecular flexibility index (Phi) is 5.18. The molecule has 0 bridgehead atoms. The number of benzene rings is 2. The van der Waals surface area contributed by atoms with Crippen molar-refractivity contribution in [3.63, 3.8) is 0 Å². The van der Waals surface area contributed by atoms with E-state index in [-0.39, 0.29) is 18.5 Å². The van der Waals surface area contributed by atoms with Crippen molar-refractivity contribution in [1.29, 1.82) is 0 Å². The third kappa shape index (κ3) is 3.99. The van der Waals surface area contributed by atoms with E-state index in [4.69, 9.17) is 4.74 Å². The van der Waals surface area contributed by atoms with Crippen molar-refractivity contribution in [3.05, 3.63) is 59.7 Å². The van der Waals surface area contributed by atoms with Gasteiger partial charge in [-0.1, -0.05) is 36.4 Å². The fraction of sp³-hybridized carbons (Fsp3) is 0.316. The summed E-state index contributed by atoms with van der Waals surface area (Å²) in [6.07, 6.45) is 1.75. The third-order valence-corrected chi connectivity index (χ3v) is 5.49. The zero-order valence-corrected chi connectivity index (χ0v) is 15.6. The Labute approximate surface area is 153 Å². The summed E-state index contributed by atoms with van der Waals surface area (Å²) in [5.74, 6) is 0.406. The van der Waals surface area contributed by atoms with Gasteiger partial charge in [0.05, 0.1) is 24.6 Å². The molecule has 0 unspecified atom stereocenters. The molecule has 1 N–H and O–H groups in total. The minimum absolute atomic E-state index is 0.189. The van der Waals surface area contributed by atoms with E-state index < -0.39 is 10.0 Å². The van der Waals surface area contributed by atoms with Crippen LogP contribution in [0.5, 0.6) is 5.75 Å². The van der Waals surface area contributed by atoms with Crippen molar-refractivity contribution < 1.29 is 17.9 Å². The summed E-state index contributed by atoms with van der Waals surface area (Å²) in [7, 11) is -3.59. The van der Waals surface area contributed by atoms with Crippen LogP contribution in [-0.4, -0.2) is 33.7 Å². The van der Waals surface area contributed by atoms with Crippen molar-refractivity contribution in [3.8, 4) is 5.75 Å². The van der Waals surface area contributed by atoms with Crippen molar-refractivity contribution >= 4 is 21.6 Å². The zero-order valence-electron chi connectivity index (χ0n) is 14.8. The lowest BCUT2D eigenvalue weighted by Gasteiger charge is -2.28. The molecule has 1 amide bonds. The van der Waals surface area contributed by atoms with Gasteiger partial charge in [-0.3, -0.25) is 9.10 Å². The van der Waals surface area contributed by atoms with E-state index >= 15 is 0 Å². The SMILES string of the molecule is Cc1ccccc1N(CC(=O)N[C@H]1CCOc2ccccc21)S(C)(=O)=O. The van der Waals surface area contributed by atoms with Gasteiger partial charge in [0, 0.05) is 12.0 Å². The normalized spacial score (nSPS) is 16.3. The van der Waals surface area contributed by atoms with Crippen LogP contribution in [0.1, 0.15) is 23.6 Å². The number of rotatable bonds is 5. The van der Waals surface area contributed by atoms with E-state index in [0.29, 0.717) is 18.7 Å². The molecule has 6 nitrogen and oxygen atoms in total. The minimum atomic E-state index is -3.59. The van der Waals surface area contributed by atoms with Crippen molar-refractivity contribution in [1.82, 2.24) is 5.32 Å². The summed E-state index contributed by atoms with van der Waals surface area (Å²) in [6.45, 7) is 2.07. The Hall–Kier alpha value is -2.54. The van der Waals surface area contributed by atoms with Crippen molar-refractivity contribution in [2.45, 2.75) is 19.4 Å². The quantitative estimate of drug-likeness (QED) is 0.872. The van der Waals surface area contributed by atoms with Crippen LogP contribution in [-0.2, 0) is 14.8 Å². The first-order valence-corrected chi connectivity index (χ1v) is 10.3. The molecule has 1 aliphatic rings. The van der Waals surface area contributed by atoms with E-state index in [1.165, 1.54) is 0 Å². The maximum Gasteiger partial charge on any atom is 0.241 e. The van der Waals surface area contributed by atoms with Crippen molar-refractivity contribution in [2.75, 3.05) is 23.7 Å². The Balaban J connectivity index is 1.79. The molecule has 0 aromatic heterocycles. The highest BCUT2D eigenvalue weighted by atomic mass is 32.2. The lowest BCUT2D eigenvalue weighted by Crippen LogP contribution is -2.42. The molecule has 0 aliphatic carbocycles. The number of aryl methyl sites for hydroxylation is 1. The van der Waals surface area contributed by atoms with Crippen LogP contribution in [0, 0.1) is 6.92 Å². The first-order valence-electron chi connectivity index (χ1n) is 8.40. The topological polar surface area (TPSA) is 75.7 Å². The maximum atomic E-state index is 12.6. The molecule has 26 heavy (non-hydrogen) atoms. The highest BCUT2D eigenvalue weighted by Gasteiger charge is 2.26. The molecule has 0 fully saturated rings. The summed E-state index contributed by atoms with van der Waals surface area (Å²) >= 11 is 0. The van der Waals surface area contributed by atoms with Crippen LogP contribution in [0.2, 0.25) is 0 Å². The number of hydrogen-bond acceptors (Lipinski definition) is 4. The fourth-order valence-corrected chi connectivity index (χ4v) is 4.00. The van der Waals surface area contributed by atoms with E-state index in [0.717, 1.165) is 27.4 Å². The second-order valence-corrected chi connectivity index (χ2v) is 8.26. The number of amides is 1. The van der Waals surface area contributed by atoms with Gasteiger partial charge in [0.1, 0.15) is 12.3 Å². The average Bonchev–Trinajstić information content (AvgIpc) is 2.60. The summed E-state index contributed by atoms with van der Waals surface area (Å²) in [4.78, 5) is 12.6. The predicted molar refractivity (Wildman–Crippen MR) is 101 cm³/mol. The molecule has 0 saturated carbocycles. The van der Waals surface area contributed by atoms with Crippen LogP contribution >= 0.6 is 0 Å². The zero-order chi connectivity index (χ0) is 18.7. The van der Waals surface area contributed by atoms with Gasteiger partial charge in [0.15, 0.2) is 0 Å². The minimum Gasteiger partial charge on any atom is -0.493 e. The molecule has 1 atom stereocenters. The maximum absolute atomic E-state index is 12.6. The first kappa shape index (κ1) is 18.3. The molecule has 7 heteroatoms. The van der Waals surface area contributed by atoms with Crippen LogP contribution in [0.3, 0.4) is 0 Å². The standard InChI is InChI=1S/C19H22N2O4S/c1-14-7-3-5-9-17(14)21(26(2,23)24)13-19(22)20-16-11-12-25-18-10-6-4-8-15(16)18/h3-10,16H,11-13H2,1-2H3,(H,20,22)/t16-/m0/s1. The number of hydrogen-bond donors (Lipinski definition) is 1.